The van der Waals surface area contributed by atoms with E-state index in [2.05, 4.69) is 27.9 Å². The van der Waals surface area contributed by atoms with Crippen molar-refractivity contribution in [3.05, 3.63) is 27.3 Å². The van der Waals surface area contributed by atoms with E-state index >= 15 is 0 Å². The molecule has 0 bridgehead atoms. The van der Waals surface area contributed by atoms with E-state index in [1.165, 1.54) is 0 Å². The maximum atomic E-state index is 9.51. The zero-order valence-corrected chi connectivity index (χ0v) is 9.45. The second-order valence-electron chi connectivity index (χ2n) is 2.73. The Morgan fingerprint density at radius 3 is 2.77 bits per heavy atom. The molecule has 72 valence electrons. The molecule has 3 nitrogen and oxygen atoms in total. The van der Waals surface area contributed by atoms with Gasteiger partial charge in [-0.15, -0.1) is 0 Å². The van der Waals surface area contributed by atoms with E-state index in [4.69, 9.17) is 5.11 Å². The van der Waals surface area contributed by atoms with E-state index in [0.29, 0.717) is 0 Å². The van der Waals surface area contributed by atoms with Crippen molar-refractivity contribution in [1.29, 1.82) is 0 Å². The summed E-state index contributed by atoms with van der Waals surface area (Å²) in [5, 5.41) is 21.5. The molecule has 1 atom stereocenters. The van der Waals surface area contributed by atoms with Gasteiger partial charge in [-0.2, -0.15) is 0 Å². The van der Waals surface area contributed by atoms with Gasteiger partial charge in [-0.25, -0.2) is 0 Å². The molecule has 0 aliphatic carbocycles. The smallest absolute Gasteiger partial charge is 0.120 e. The molecule has 0 saturated carbocycles. The van der Waals surface area contributed by atoms with Crippen molar-refractivity contribution in [2.75, 3.05) is 13.7 Å². The van der Waals surface area contributed by atoms with E-state index in [1.54, 1.807) is 13.1 Å². The van der Waals surface area contributed by atoms with Crippen molar-refractivity contribution in [3.63, 3.8) is 0 Å². The fourth-order valence-electron chi connectivity index (χ4n) is 1.15. The van der Waals surface area contributed by atoms with Crippen LogP contribution >= 0.6 is 22.6 Å². The van der Waals surface area contributed by atoms with E-state index in [9.17, 15) is 5.11 Å². The van der Waals surface area contributed by atoms with Crippen molar-refractivity contribution >= 4 is 22.6 Å². The number of rotatable bonds is 3. The molecule has 1 aromatic carbocycles. The predicted molar refractivity (Wildman–Crippen MR) is 59.7 cm³/mol. The number of nitrogens with one attached hydrogen (secondary N) is 1. The quantitative estimate of drug-likeness (QED) is 0.735. The van der Waals surface area contributed by atoms with Crippen LogP contribution in [0.15, 0.2) is 18.2 Å². The molecule has 1 rings (SSSR count). The van der Waals surface area contributed by atoms with E-state index in [-0.39, 0.29) is 18.4 Å². The van der Waals surface area contributed by atoms with Crippen LogP contribution in [0.3, 0.4) is 0 Å². The summed E-state index contributed by atoms with van der Waals surface area (Å²) in [5.41, 5.74) is 0.733. The lowest BCUT2D eigenvalue weighted by Gasteiger charge is -2.15. The van der Waals surface area contributed by atoms with Crippen LogP contribution in [0.2, 0.25) is 0 Å². The summed E-state index contributed by atoms with van der Waals surface area (Å²) in [7, 11) is 1.75. The number of aliphatic hydroxyl groups is 1. The Morgan fingerprint density at radius 2 is 2.23 bits per heavy atom. The first-order valence-corrected chi connectivity index (χ1v) is 5.03. The number of phenolic OH excluding ortho intramolecular Hbond substituents is 1. The van der Waals surface area contributed by atoms with Crippen LogP contribution < -0.4 is 5.32 Å². The lowest BCUT2D eigenvalue weighted by atomic mass is 10.1. The van der Waals surface area contributed by atoms with Crippen LogP contribution in [0.5, 0.6) is 5.75 Å². The third kappa shape index (κ3) is 2.55. The molecule has 0 radical (unpaired) electrons. The SMILES string of the molecule is CN[C@@H](CO)c1cc(I)ccc1O. The van der Waals surface area contributed by atoms with Gasteiger partial charge < -0.3 is 15.5 Å². The maximum absolute atomic E-state index is 9.51. The minimum absolute atomic E-state index is 0.0237. The van der Waals surface area contributed by atoms with Crippen LogP contribution in [0, 0.1) is 3.57 Å². The minimum Gasteiger partial charge on any atom is -0.508 e. The van der Waals surface area contributed by atoms with Crippen molar-refractivity contribution in [2.24, 2.45) is 0 Å². The molecule has 4 heteroatoms. The van der Waals surface area contributed by atoms with Gasteiger partial charge in [-0.05, 0) is 47.8 Å². The van der Waals surface area contributed by atoms with E-state index < -0.39 is 0 Å². The molecule has 13 heavy (non-hydrogen) atoms. The highest BCUT2D eigenvalue weighted by atomic mass is 127. The summed E-state index contributed by atoms with van der Waals surface area (Å²) < 4.78 is 1.04. The number of hydrogen-bond donors (Lipinski definition) is 3. The van der Waals surface area contributed by atoms with Gasteiger partial charge in [0.15, 0.2) is 0 Å². The van der Waals surface area contributed by atoms with Crippen molar-refractivity contribution in [1.82, 2.24) is 5.32 Å². The first kappa shape index (κ1) is 10.7. The van der Waals surface area contributed by atoms with E-state index in [1.807, 2.05) is 12.1 Å². The Morgan fingerprint density at radius 1 is 1.54 bits per heavy atom. The fourth-order valence-corrected chi connectivity index (χ4v) is 1.66. The average Bonchev–Trinajstić information content (AvgIpc) is 2.13. The van der Waals surface area contributed by atoms with Crippen molar-refractivity contribution in [2.45, 2.75) is 6.04 Å². The van der Waals surface area contributed by atoms with Crippen LogP contribution in [0.1, 0.15) is 11.6 Å². The molecule has 0 heterocycles. The lowest BCUT2D eigenvalue weighted by molar-refractivity contribution is 0.248. The molecular formula is C9H12INO2. The normalized spacial score (nSPS) is 12.8. The lowest BCUT2D eigenvalue weighted by Crippen LogP contribution is -2.20. The zero-order chi connectivity index (χ0) is 9.84. The predicted octanol–water partition coefficient (Wildman–Crippen LogP) is 1.25. The molecule has 0 aliphatic rings. The Labute approximate surface area is 90.9 Å². The van der Waals surface area contributed by atoms with Crippen molar-refractivity contribution in [3.8, 4) is 5.75 Å². The first-order valence-electron chi connectivity index (χ1n) is 3.95. The Bertz CT molecular complexity index is 287. The highest BCUT2D eigenvalue weighted by Gasteiger charge is 2.12. The van der Waals surface area contributed by atoms with Gasteiger partial charge in [0.25, 0.3) is 0 Å². The number of hydrogen-bond acceptors (Lipinski definition) is 3. The topological polar surface area (TPSA) is 52.5 Å². The third-order valence-corrected chi connectivity index (χ3v) is 2.57. The number of benzene rings is 1. The summed E-state index contributed by atoms with van der Waals surface area (Å²) in [6.45, 7) is -0.0237. The summed E-state index contributed by atoms with van der Waals surface area (Å²) in [5.74, 6) is 0.216. The number of phenols is 1. The second-order valence-corrected chi connectivity index (χ2v) is 3.97. The summed E-state index contributed by atoms with van der Waals surface area (Å²) in [6.07, 6.45) is 0. The van der Waals surface area contributed by atoms with Gasteiger partial charge in [0.05, 0.1) is 12.6 Å². The maximum Gasteiger partial charge on any atom is 0.120 e. The van der Waals surface area contributed by atoms with Gasteiger partial charge in [0.1, 0.15) is 5.75 Å². The van der Waals surface area contributed by atoms with Crippen LogP contribution in [0.25, 0.3) is 0 Å². The fraction of sp³-hybridized carbons (Fsp3) is 0.333. The Kier molecular flexibility index (Phi) is 3.95. The van der Waals surface area contributed by atoms with Crippen LogP contribution in [-0.4, -0.2) is 23.9 Å². The van der Waals surface area contributed by atoms with Gasteiger partial charge in [-0.3, -0.25) is 0 Å². The molecule has 0 fully saturated rings. The van der Waals surface area contributed by atoms with Crippen molar-refractivity contribution < 1.29 is 10.2 Å². The minimum atomic E-state index is -0.199. The van der Waals surface area contributed by atoms with Gasteiger partial charge in [0, 0.05) is 9.13 Å². The highest BCUT2D eigenvalue weighted by Crippen LogP contribution is 2.25. The number of aromatic hydroxyl groups is 1. The van der Waals surface area contributed by atoms with Crippen LogP contribution in [-0.2, 0) is 0 Å². The third-order valence-electron chi connectivity index (χ3n) is 1.90. The summed E-state index contributed by atoms with van der Waals surface area (Å²) in [6, 6.07) is 5.11. The summed E-state index contributed by atoms with van der Waals surface area (Å²) >= 11 is 2.17. The molecule has 0 aliphatic heterocycles. The molecule has 0 saturated heterocycles. The zero-order valence-electron chi connectivity index (χ0n) is 7.29. The standard InChI is InChI=1S/C9H12INO2/c1-11-8(5-12)7-4-6(10)2-3-9(7)13/h2-4,8,11-13H,5H2,1H3/t8-/m0/s1. The molecular weight excluding hydrogens is 281 g/mol. The largest absolute Gasteiger partial charge is 0.508 e. The van der Waals surface area contributed by atoms with E-state index in [0.717, 1.165) is 9.13 Å². The monoisotopic (exact) mass is 293 g/mol. The molecule has 0 amide bonds. The molecule has 3 N–H and O–H groups in total. The van der Waals surface area contributed by atoms with Crippen LogP contribution in [0.4, 0.5) is 0 Å². The Balaban J connectivity index is 3.03. The number of halogens is 1. The number of likely N-dealkylation sites (N-methyl/N-ethyl adjacent to an activating group) is 1. The first-order chi connectivity index (χ1) is 6.19. The molecule has 0 spiro atoms. The second kappa shape index (κ2) is 4.78. The molecule has 0 unspecified atom stereocenters. The van der Waals surface area contributed by atoms with Gasteiger partial charge >= 0.3 is 0 Å². The Hall–Kier alpha value is -0.330. The highest BCUT2D eigenvalue weighted by molar-refractivity contribution is 14.1. The average molecular weight is 293 g/mol. The summed E-state index contributed by atoms with van der Waals surface area (Å²) in [4.78, 5) is 0. The van der Waals surface area contributed by atoms with Gasteiger partial charge in [0.2, 0.25) is 0 Å². The van der Waals surface area contributed by atoms with Gasteiger partial charge in [-0.1, -0.05) is 0 Å². The molecule has 1 aromatic rings. The molecule has 0 aromatic heterocycles. The number of aliphatic hydroxyl groups excluding tert-OH is 1.